The summed E-state index contributed by atoms with van der Waals surface area (Å²) in [4.78, 5) is 0. The molecule has 1 heterocycles. The van der Waals surface area contributed by atoms with E-state index >= 15 is 0 Å². The lowest BCUT2D eigenvalue weighted by molar-refractivity contribution is 0.269. The lowest BCUT2D eigenvalue weighted by Crippen LogP contribution is -2.46. The van der Waals surface area contributed by atoms with Crippen molar-refractivity contribution in [2.45, 2.75) is 45.6 Å². The predicted molar refractivity (Wildman–Crippen MR) is 76.1 cm³/mol. The largest absolute Gasteiger partial charge is 0.494 e. The fraction of sp³-hybridized carbons (Fsp3) is 0.625. The fourth-order valence-electron chi connectivity index (χ4n) is 2.91. The Labute approximate surface area is 111 Å². The normalized spacial score (nSPS) is 23.6. The van der Waals surface area contributed by atoms with Crippen LogP contribution < -0.4 is 10.1 Å². The Hall–Kier alpha value is -1.02. The first-order chi connectivity index (χ1) is 8.66. The summed E-state index contributed by atoms with van der Waals surface area (Å²) in [7, 11) is 0. The molecule has 1 fully saturated rings. The Bertz CT molecular complexity index is 363. The van der Waals surface area contributed by atoms with Crippen molar-refractivity contribution in [1.29, 1.82) is 0 Å². The van der Waals surface area contributed by atoms with Crippen LogP contribution in [0.15, 0.2) is 24.3 Å². The zero-order valence-corrected chi connectivity index (χ0v) is 11.8. The van der Waals surface area contributed by atoms with Gasteiger partial charge < -0.3 is 10.1 Å². The maximum atomic E-state index is 5.49. The van der Waals surface area contributed by atoms with E-state index in [0.717, 1.165) is 25.3 Å². The minimum atomic E-state index is 0.299. The Morgan fingerprint density at radius 1 is 1.28 bits per heavy atom. The van der Waals surface area contributed by atoms with Crippen LogP contribution in [-0.4, -0.2) is 18.7 Å². The molecule has 1 atom stereocenters. The summed E-state index contributed by atoms with van der Waals surface area (Å²) in [6.07, 6.45) is 3.71. The van der Waals surface area contributed by atoms with Crippen LogP contribution in [0.4, 0.5) is 0 Å². The highest BCUT2D eigenvalue weighted by Crippen LogP contribution is 2.31. The maximum absolute atomic E-state index is 5.49. The van der Waals surface area contributed by atoms with Crippen LogP contribution in [0.3, 0.4) is 0 Å². The molecule has 2 heteroatoms. The first-order valence-corrected chi connectivity index (χ1v) is 7.13. The number of rotatable bonds is 5. The molecule has 2 rings (SSSR count). The smallest absolute Gasteiger partial charge is 0.119 e. The maximum Gasteiger partial charge on any atom is 0.119 e. The highest BCUT2D eigenvalue weighted by atomic mass is 16.5. The van der Waals surface area contributed by atoms with Crippen LogP contribution in [0.2, 0.25) is 0 Å². The summed E-state index contributed by atoms with van der Waals surface area (Å²) in [5.41, 5.74) is 1.70. The summed E-state index contributed by atoms with van der Waals surface area (Å²) >= 11 is 0. The molecule has 0 amide bonds. The van der Waals surface area contributed by atoms with Gasteiger partial charge in [0.25, 0.3) is 0 Å². The molecular formula is C16H25NO. The Kier molecular flexibility index (Phi) is 4.28. The molecule has 0 spiro atoms. The van der Waals surface area contributed by atoms with Gasteiger partial charge in [-0.05, 0) is 56.3 Å². The Morgan fingerprint density at radius 3 is 2.50 bits per heavy atom. The molecular weight excluding hydrogens is 222 g/mol. The van der Waals surface area contributed by atoms with E-state index in [1.54, 1.807) is 0 Å². The van der Waals surface area contributed by atoms with Crippen molar-refractivity contribution in [2.75, 3.05) is 13.2 Å². The fourth-order valence-corrected chi connectivity index (χ4v) is 2.91. The van der Waals surface area contributed by atoms with Gasteiger partial charge >= 0.3 is 0 Å². The van der Waals surface area contributed by atoms with Crippen molar-refractivity contribution in [2.24, 2.45) is 5.92 Å². The number of hydrogen-bond donors (Lipinski definition) is 1. The highest BCUT2D eigenvalue weighted by molar-refractivity contribution is 5.28. The summed E-state index contributed by atoms with van der Waals surface area (Å²) in [5.74, 6) is 1.64. The Morgan fingerprint density at radius 2 is 2.00 bits per heavy atom. The van der Waals surface area contributed by atoms with Crippen molar-refractivity contribution in [3.05, 3.63) is 29.8 Å². The van der Waals surface area contributed by atoms with Gasteiger partial charge in [-0.25, -0.2) is 0 Å². The number of ether oxygens (including phenoxy) is 1. The van der Waals surface area contributed by atoms with E-state index in [0.29, 0.717) is 11.5 Å². The third-order valence-electron chi connectivity index (χ3n) is 4.14. The lowest BCUT2D eigenvalue weighted by Gasteiger charge is -2.34. The first-order valence-electron chi connectivity index (χ1n) is 7.13. The molecule has 1 aromatic rings. The molecule has 18 heavy (non-hydrogen) atoms. The van der Waals surface area contributed by atoms with Gasteiger partial charge in [-0.15, -0.1) is 0 Å². The molecule has 1 aromatic carbocycles. The van der Waals surface area contributed by atoms with Gasteiger partial charge in [0.05, 0.1) is 6.61 Å². The molecule has 0 aromatic heterocycles. The molecule has 1 unspecified atom stereocenters. The van der Waals surface area contributed by atoms with Crippen molar-refractivity contribution in [1.82, 2.24) is 5.32 Å². The van der Waals surface area contributed by atoms with Crippen LogP contribution in [0.5, 0.6) is 5.75 Å². The number of hydrogen-bond acceptors (Lipinski definition) is 2. The summed E-state index contributed by atoms with van der Waals surface area (Å²) < 4.78 is 5.49. The van der Waals surface area contributed by atoms with E-state index in [2.05, 4.69) is 43.4 Å². The lowest BCUT2D eigenvalue weighted by atomic mass is 9.80. The van der Waals surface area contributed by atoms with Crippen molar-refractivity contribution in [3.8, 4) is 5.75 Å². The minimum Gasteiger partial charge on any atom is -0.494 e. The van der Waals surface area contributed by atoms with E-state index in [1.807, 2.05) is 6.92 Å². The summed E-state index contributed by atoms with van der Waals surface area (Å²) in [6.45, 7) is 8.57. The molecule has 1 aliphatic heterocycles. The van der Waals surface area contributed by atoms with Crippen LogP contribution in [0, 0.1) is 5.92 Å². The van der Waals surface area contributed by atoms with Crippen molar-refractivity contribution < 1.29 is 4.74 Å². The summed E-state index contributed by atoms with van der Waals surface area (Å²) in [6, 6.07) is 8.58. The zero-order chi connectivity index (χ0) is 13.0. The second kappa shape index (κ2) is 5.75. The number of nitrogens with one attached hydrogen (secondary N) is 1. The molecule has 2 nitrogen and oxygen atoms in total. The van der Waals surface area contributed by atoms with Gasteiger partial charge in [-0.1, -0.05) is 26.0 Å². The van der Waals surface area contributed by atoms with Crippen LogP contribution in [-0.2, 0) is 6.42 Å². The minimum absolute atomic E-state index is 0.299. The molecule has 100 valence electrons. The highest BCUT2D eigenvalue weighted by Gasteiger charge is 2.36. The van der Waals surface area contributed by atoms with Crippen molar-refractivity contribution in [3.63, 3.8) is 0 Å². The van der Waals surface area contributed by atoms with E-state index in [9.17, 15) is 0 Å². The zero-order valence-electron chi connectivity index (χ0n) is 11.8. The summed E-state index contributed by atoms with van der Waals surface area (Å²) in [5, 5.41) is 3.73. The van der Waals surface area contributed by atoms with Gasteiger partial charge in [0, 0.05) is 5.54 Å². The van der Waals surface area contributed by atoms with E-state index in [4.69, 9.17) is 4.74 Å². The molecule has 0 aliphatic carbocycles. The van der Waals surface area contributed by atoms with Gasteiger partial charge in [-0.2, -0.15) is 0 Å². The SMILES string of the molecule is CCOc1ccc(CC2(C(C)C)CCCN2)cc1. The predicted octanol–water partition coefficient (Wildman–Crippen LogP) is 3.41. The standard InChI is InChI=1S/C16H25NO/c1-4-18-15-8-6-14(7-9-15)12-16(13(2)3)10-5-11-17-16/h6-9,13,17H,4-5,10-12H2,1-3H3. The first kappa shape index (κ1) is 13.4. The van der Waals surface area contributed by atoms with Gasteiger partial charge in [0.2, 0.25) is 0 Å². The van der Waals surface area contributed by atoms with E-state index in [1.165, 1.54) is 18.4 Å². The van der Waals surface area contributed by atoms with Crippen LogP contribution in [0.25, 0.3) is 0 Å². The topological polar surface area (TPSA) is 21.3 Å². The van der Waals surface area contributed by atoms with Gasteiger partial charge in [0.1, 0.15) is 5.75 Å². The van der Waals surface area contributed by atoms with E-state index < -0.39 is 0 Å². The van der Waals surface area contributed by atoms with Gasteiger partial charge in [-0.3, -0.25) is 0 Å². The Balaban J connectivity index is 2.07. The van der Waals surface area contributed by atoms with Crippen LogP contribution in [0.1, 0.15) is 39.2 Å². The average molecular weight is 247 g/mol. The third-order valence-corrected chi connectivity index (χ3v) is 4.14. The second-order valence-electron chi connectivity index (χ2n) is 5.59. The monoisotopic (exact) mass is 247 g/mol. The van der Waals surface area contributed by atoms with Crippen LogP contribution >= 0.6 is 0 Å². The van der Waals surface area contributed by atoms with Crippen molar-refractivity contribution >= 4 is 0 Å². The molecule has 1 saturated heterocycles. The third kappa shape index (κ3) is 2.86. The second-order valence-corrected chi connectivity index (χ2v) is 5.59. The molecule has 1 aliphatic rings. The van der Waals surface area contributed by atoms with E-state index in [-0.39, 0.29) is 0 Å². The number of benzene rings is 1. The van der Waals surface area contributed by atoms with Gasteiger partial charge in [0.15, 0.2) is 0 Å². The molecule has 0 bridgehead atoms. The molecule has 0 radical (unpaired) electrons. The quantitative estimate of drug-likeness (QED) is 0.861. The molecule has 1 N–H and O–H groups in total. The average Bonchev–Trinajstić information content (AvgIpc) is 2.82. The molecule has 0 saturated carbocycles.